The first-order valence-electron chi connectivity index (χ1n) is 10.4. The van der Waals surface area contributed by atoms with E-state index in [-0.39, 0.29) is 18.6 Å². The molecule has 7 heteroatoms. The highest BCUT2D eigenvalue weighted by molar-refractivity contribution is 7.54. The fourth-order valence-corrected chi connectivity index (χ4v) is 7.83. The van der Waals surface area contributed by atoms with Gasteiger partial charge in [-0.1, -0.05) is 23.8 Å². The predicted molar refractivity (Wildman–Crippen MR) is 124 cm³/mol. The highest BCUT2D eigenvalue weighted by Crippen LogP contribution is 2.65. The van der Waals surface area contributed by atoms with Crippen LogP contribution in [-0.4, -0.2) is 12.2 Å². The van der Waals surface area contributed by atoms with Crippen LogP contribution in [0.4, 0.5) is 8.78 Å². The van der Waals surface area contributed by atoms with E-state index in [0.29, 0.717) is 5.56 Å². The highest BCUT2D eigenvalue weighted by Gasteiger charge is 2.41. The molecule has 0 bridgehead atoms. The van der Waals surface area contributed by atoms with Gasteiger partial charge in [0.2, 0.25) is 0 Å². The van der Waals surface area contributed by atoms with Crippen LogP contribution in [0.3, 0.4) is 0 Å². The van der Waals surface area contributed by atoms with Gasteiger partial charge in [0.1, 0.15) is 0 Å². The second-order valence-electron chi connectivity index (χ2n) is 8.41. The van der Waals surface area contributed by atoms with Crippen molar-refractivity contribution in [3.63, 3.8) is 0 Å². The Kier molecular flexibility index (Phi) is 7.37. The monoisotopic (exact) mass is 466 g/mol. The Bertz CT molecular complexity index is 1110. The van der Waals surface area contributed by atoms with E-state index in [0.717, 1.165) is 38.2 Å². The van der Waals surface area contributed by atoms with Crippen LogP contribution in [-0.2, 0) is 20.0 Å². The van der Waals surface area contributed by atoms with Crippen molar-refractivity contribution in [1.29, 1.82) is 0 Å². The summed E-state index contributed by atoms with van der Waals surface area (Å²) in [7, 11) is -3.66. The lowest BCUT2D eigenvalue weighted by Crippen LogP contribution is -2.15. The Labute approximate surface area is 186 Å². The fraction of sp³-hybridized carbons (Fsp3) is 0.417. The van der Waals surface area contributed by atoms with Gasteiger partial charge in [0.25, 0.3) is 0 Å². The first kappa shape index (κ1) is 24.1. The number of fused-ring (bicyclic) bond motifs is 1. The van der Waals surface area contributed by atoms with Crippen LogP contribution >= 0.6 is 18.9 Å². The first-order chi connectivity index (χ1) is 14.5. The first-order valence-corrected chi connectivity index (χ1v) is 12.8. The molecule has 0 amide bonds. The van der Waals surface area contributed by atoms with Crippen molar-refractivity contribution in [3.8, 4) is 0 Å². The van der Waals surface area contributed by atoms with E-state index in [1.54, 1.807) is 11.3 Å². The largest absolute Gasteiger partial charge is 0.339 e. The SMILES string of the molecule is Cc1ccc2sc(C(Cc3ccc(F)c(F)c3)P(=O)(OC(C)C)OC(C)C)c(C)c2c1. The zero-order chi connectivity index (χ0) is 22.9. The third kappa shape index (κ3) is 5.43. The van der Waals surface area contributed by atoms with Gasteiger partial charge >= 0.3 is 7.60 Å². The number of rotatable bonds is 8. The summed E-state index contributed by atoms with van der Waals surface area (Å²) < 4.78 is 54.6. The summed E-state index contributed by atoms with van der Waals surface area (Å²) in [6.07, 6.45) is -0.441. The maximum absolute atomic E-state index is 14.2. The Hall–Kier alpha value is -1.59. The maximum Gasteiger partial charge on any atom is 0.339 e. The van der Waals surface area contributed by atoms with Gasteiger partial charge in [-0.3, -0.25) is 4.57 Å². The van der Waals surface area contributed by atoms with Crippen molar-refractivity contribution in [1.82, 2.24) is 0 Å². The van der Waals surface area contributed by atoms with Gasteiger partial charge in [-0.05, 0) is 82.7 Å². The lowest BCUT2D eigenvalue weighted by atomic mass is 10.0. The van der Waals surface area contributed by atoms with Crippen LogP contribution in [0.15, 0.2) is 36.4 Å². The van der Waals surface area contributed by atoms with E-state index >= 15 is 0 Å². The van der Waals surface area contributed by atoms with Gasteiger partial charge in [0.15, 0.2) is 11.6 Å². The van der Waals surface area contributed by atoms with Gasteiger partial charge in [0, 0.05) is 9.58 Å². The summed E-state index contributed by atoms with van der Waals surface area (Å²) in [6, 6.07) is 9.98. The van der Waals surface area contributed by atoms with E-state index in [2.05, 4.69) is 12.1 Å². The molecule has 1 atom stereocenters. The van der Waals surface area contributed by atoms with Crippen molar-refractivity contribution >= 4 is 29.0 Å². The minimum atomic E-state index is -3.66. The molecule has 0 aliphatic rings. The highest BCUT2D eigenvalue weighted by atomic mass is 32.1. The minimum absolute atomic E-state index is 0.209. The van der Waals surface area contributed by atoms with Crippen LogP contribution in [0.1, 0.15) is 54.9 Å². The van der Waals surface area contributed by atoms with Crippen LogP contribution in [0.5, 0.6) is 0 Å². The Balaban J connectivity index is 2.18. The Morgan fingerprint density at radius 3 is 2.16 bits per heavy atom. The summed E-state index contributed by atoms with van der Waals surface area (Å²) in [4.78, 5) is 0.884. The lowest BCUT2D eigenvalue weighted by Gasteiger charge is -2.30. The van der Waals surface area contributed by atoms with Gasteiger partial charge in [-0.2, -0.15) is 0 Å². The maximum atomic E-state index is 14.2. The van der Waals surface area contributed by atoms with Crippen molar-refractivity contribution in [2.75, 3.05) is 0 Å². The third-order valence-corrected chi connectivity index (χ3v) is 9.14. The van der Waals surface area contributed by atoms with Gasteiger partial charge in [-0.15, -0.1) is 11.3 Å². The molecule has 0 spiro atoms. The molecule has 168 valence electrons. The third-order valence-electron chi connectivity index (χ3n) is 4.94. The van der Waals surface area contributed by atoms with E-state index in [9.17, 15) is 13.3 Å². The predicted octanol–water partition coefficient (Wildman–Crippen LogP) is 8.12. The average molecular weight is 467 g/mol. The molecule has 3 aromatic rings. The molecule has 0 saturated carbocycles. The molecule has 0 radical (unpaired) electrons. The molecular weight excluding hydrogens is 437 g/mol. The number of halogens is 2. The van der Waals surface area contributed by atoms with Gasteiger partial charge in [0.05, 0.1) is 17.9 Å². The molecule has 0 aliphatic heterocycles. The smallest absolute Gasteiger partial charge is 0.305 e. The number of thiophene rings is 1. The fourth-order valence-electron chi connectivity index (χ4n) is 3.67. The summed E-state index contributed by atoms with van der Waals surface area (Å²) in [6.45, 7) is 11.3. The lowest BCUT2D eigenvalue weighted by molar-refractivity contribution is 0.136. The van der Waals surface area contributed by atoms with E-state index in [4.69, 9.17) is 9.05 Å². The molecule has 3 nitrogen and oxygen atoms in total. The summed E-state index contributed by atoms with van der Waals surface area (Å²) in [5.41, 5.74) is 2.05. The topological polar surface area (TPSA) is 35.5 Å². The van der Waals surface area contributed by atoms with Crippen molar-refractivity contribution < 1.29 is 22.4 Å². The average Bonchev–Trinajstić information content (AvgIpc) is 2.97. The van der Waals surface area contributed by atoms with Crippen LogP contribution in [0.25, 0.3) is 10.1 Å². The summed E-state index contributed by atoms with van der Waals surface area (Å²) in [5, 5.41) is 1.09. The Morgan fingerprint density at radius 1 is 0.935 bits per heavy atom. The minimum Gasteiger partial charge on any atom is -0.305 e. The molecule has 1 aromatic heterocycles. The van der Waals surface area contributed by atoms with Crippen molar-refractivity contribution in [2.24, 2.45) is 0 Å². The molecule has 0 aliphatic carbocycles. The number of hydrogen-bond acceptors (Lipinski definition) is 4. The second-order valence-corrected chi connectivity index (χ2v) is 11.6. The zero-order valence-corrected chi connectivity index (χ0v) is 20.5. The molecule has 0 saturated heterocycles. The molecule has 0 fully saturated rings. The van der Waals surface area contributed by atoms with E-state index < -0.39 is 24.9 Å². The normalized spacial score (nSPS) is 13.5. The molecule has 0 N–H and O–H groups in total. The molecule has 2 aromatic carbocycles. The number of aryl methyl sites for hydroxylation is 2. The number of hydrogen-bond donors (Lipinski definition) is 0. The molecular formula is C24H29F2O3PS. The van der Waals surface area contributed by atoms with E-state index in [1.807, 2.05) is 47.6 Å². The van der Waals surface area contributed by atoms with Crippen molar-refractivity contribution in [2.45, 2.75) is 65.8 Å². The summed E-state index contributed by atoms with van der Waals surface area (Å²) >= 11 is 1.55. The molecule has 1 unspecified atom stereocenters. The molecule has 1 heterocycles. The van der Waals surface area contributed by atoms with Gasteiger partial charge < -0.3 is 9.05 Å². The zero-order valence-electron chi connectivity index (χ0n) is 18.7. The van der Waals surface area contributed by atoms with E-state index in [1.165, 1.54) is 6.07 Å². The number of benzene rings is 2. The molecule has 3 rings (SSSR count). The standard InChI is InChI=1S/C24H29F2O3PS/c1-14(2)28-30(27,29-15(3)4)22(13-18-8-9-20(25)21(26)12-18)24-17(6)19-11-16(5)7-10-23(19)31-24/h7-12,14-15,22H,13H2,1-6H3. The van der Waals surface area contributed by atoms with Crippen LogP contribution in [0, 0.1) is 25.5 Å². The quantitative estimate of drug-likeness (QED) is 0.315. The second kappa shape index (κ2) is 9.50. The van der Waals surface area contributed by atoms with Gasteiger partial charge in [-0.25, -0.2) is 8.78 Å². The summed E-state index contributed by atoms with van der Waals surface area (Å²) in [5.74, 6) is -1.84. The van der Waals surface area contributed by atoms with Crippen molar-refractivity contribution in [3.05, 3.63) is 69.6 Å². The van der Waals surface area contributed by atoms with Crippen LogP contribution in [0.2, 0.25) is 0 Å². The Morgan fingerprint density at radius 2 is 1.58 bits per heavy atom. The van der Waals surface area contributed by atoms with Crippen LogP contribution < -0.4 is 0 Å². The molecule has 31 heavy (non-hydrogen) atoms.